The minimum absolute atomic E-state index is 0.0174. The minimum atomic E-state index is -1.57. The molecule has 0 radical (unpaired) electrons. The van der Waals surface area contributed by atoms with Gasteiger partial charge < -0.3 is 19.7 Å². The van der Waals surface area contributed by atoms with Crippen LogP contribution in [0.3, 0.4) is 0 Å². The number of hydrogen-bond acceptors (Lipinski definition) is 10. The average molecular weight is 373 g/mol. The van der Waals surface area contributed by atoms with E-state index in [1.807, 2.05) is 0 Å². The second kappa shape index (κ2) is 8.54. The molecule has 0 aromatic heterocycles. The monoisotopic (exact) mass is 373 g/mol. The minimum Gasteiger partial charge on any atom is -0.480 e. The van der Waals surface area contributed by atoms with Crippen molar-refractivity contribution in [3.63, 3.8) is 0 Å². The molecule has 11 nitrogen and oxygen atoms in total. The first-order chi connectivity index (χ1) is 12.1. The molecule has 2 aliphatic heterocycles. The number of morpholine rings is 2. The molecule has 0 amide bonds. The number of esters is 3. The Hall–Kier alpha value is -2.08. The molecule has 2 heterocycles. The van der Waals surface area contributed by atoms with E-state index in [2.05, 4.69) is 4.74 Å². The molecule has 2 N–H and O–H groups in total. The van der Waals surface area contributed by atoms with Gasteiger partial charge in [-0.3, -0.25) is 33.9 Å². The van der Waals surface area contributed by atoms with E-state index in [-0.39, 0.29) is 32.7 Å². The highest BCUT2D eigenvalue weighted by molar-refractivity contribution is 5.90. The number of hydrogen-bond donors (Lipinski definition) is 2. The standard InChI is InChI=1S/C15H23N3O8/c1-15(24)10-18(9-14(23)26-15)5-3-16(6-11(19)20)2-4-17-7-12(21)25-13(22)8-17/h24H,2-10H2,1H3,(H,19,20). The number of carbonyl (C=O) groups excluding carboxylic acids is 3. The lowest BCUT2D eigenvalue weighted by molar-refractivity contribution is -0.224. The Morgan fingerprint density at radius 2 is 1.62 bits per heavy atom. The molecule has 11 heteroatoms. The molecule has 2 rings (SSSR count). The van der Waals surface area contributed by atoms with E-state index >= 15 is 0 Å². The molecule has 0 aromatic rings. The lowest BCUT2D eigenvalue weighted by Crippen LogP contribution is -2.54. The highest BCUT2D eigenvalue weighted by Gasteiger charge is 2.34. The van der Waals surface area contributed by atoms with Gasteiger partial charge in [-0.25, -0.2) is 0 Å². The van der Waals surface area contributed by atoms with Crippen LogP contribution >= 0.6 is 0 Å². The predicted octanol–water partition coefficient (Wildman–Crippen LogP) is -2.67. The van der Waals surface area contributed by atoms with E-state index in [0.29, 0.717) is 26.2 Å². The normalized spacial score (nSPS) is 25.3. The Kier molecular flexibility index (Phi) is 6.64. The van der Waals surface area contributed by atoms with Crippen LogP contribution in [0.4, 0.5) is 0 Å². The molecule has 2 fully saturated rings. The number of aliphatic carboxylic acids is 1. The fraction of sp³-hybridized carbons (Fsp3) is 0.733. The molecule has 26 heavy (non-hydrogen) atoms. The van der Waals surface area contributed by atoms with Crippen LogP contribution in [0.15, 0.2) is 0 Å². The number of carbonyl (C=O) groups is 4. The molecule has 2 saturated heterocycles. The molecule has 0 spiro atoms. The number of rotatable bonds is 8. The zero-order valence-corrected chi connectivity index (χ0v) is 14.5. The Labute approximate surface area is 150 Å². The molecule has 0 bridgehead atoms. The zero-order valence-electron chi connectivity index (χ0n) is 14.5. The van der Waals surface area contributed by atoms with Crippen molar-refractivity contribution in [1.29, 1.82) is 0 Å². The van der Waals surface area contributed by atoms with Crippen LogP contribution in [0.25, 0.3) is 0 Å². The van der Waals surface area contributed by atoms with Crippen LogP contribution in [0.2, 0.25) is 0 Å². The molecule has 2 aliphatic rings. The highest BCUT2D eigenvalue weighted by Crippen LogP contribution is 2.14. The maximum Gasteiger partial charge on any atom is 0.327 e. The lowest BCUT2D eigenvalue weighted by atomic mass is 10.2. The van der Waals surface area contributed by atoms with Gasteiger partial charge in [0.15, 0.2) is 0 Å². The van der Waals surface area contributed by atoms with Crippen LogP contribution in [-0.4, -0.2) is 113 Å². The summed E-state index contributed by atoms with van der Waals surface area (Å²) in [4.78, 5) is 50.0. The van der Waals surface area contributed by atoms with Gasteiger partial charge in [0.05, 0.1) is 32.7 Å². The van der Waals surface area contributed by atoms with Crippen LogP contribution in [0, 0.1) is 0 Å². The van der Waals surface area contributed by atoms with Crippen LogP contribution in [-0.2, 0) is 28.7 Å². The summed E-state index contributed by atoms with van der Waals surface area (Å²) in [6.07, 6.45) is 0. The number of carboxylic acid groups (broad SMARTS) is 1. The molecule has 0 saturated carbocycles. The molecular weight excluding hydrogens is 350 g/mol. The van der Waals surface area contributed by atoms with E-state index in [9.17, 15) is 24.3 Å². The number of β-amino-alcohol motifs (C(OH)–C–C–N with tert-alkyl or cyclic N) is 1. The third-order valence-corrected chi connectivity index (χ3v) is 3.96. The third kappa shape index (κ3) is 6.67. The van der Waals surface area contributed by atoms with Crippen molar-refractivity contribution in [1.82, 2.24) is 14.7 Å². The molecule has 0 aliphatic carbocycles. The van der Waals surface area contributed by atoms with Gasteiger partial charge in [0.25, 0.3) is 0 Å². The number of carboxylic acids is 1. The summed E-state index contributed by atoms with van der Waals surface area (Å²) in [5.41, 5.74) is 0. The van der Waals surface area contributed by atoms with E-state index in [4.69, 9.17) is 9.84 Å². The first kappa shape index (κ1) is 20.2. The summed E-state index contributed by atoms with van der Waals surface area (Å²) in [6, 6.07) is 0. The van der Waals surface area contributed by atoms with E-state index in [1.165, 1.54) is 6.92 Å². The molecule has 1 unspecified atom stereocenters. The summed E-state index contributed by atoms with van der Waals surface area (Å²) < 4.78 is 9.25. The van der Waals surface area contributed by atoms with Gasteiger partial charge in [0, 0.05) is 33.1 Å². The molecule has 146 valence electrons. The second-order valence-corrected chi connectivity index (χ2v) is 6.59. The predicted molar refractivity (Wildman–Crippen MR) is 84.8 cm³/mol. The van der Waals surface area contributed by atoms with Crippen LogP contribution in [0.5, 0.6) is 0 Å². The lowest BCUT2D eigenvalue weighted by Gasteiger charge is -2.36. The molecule has 1 atom stereocenters. The van der Waals surface area contributed by atoms with E-state index in [0.717, 1.165) is 0 Å². The van der Waals surface area contributed by atoms with Crippen molar-refractivity contribution in [2.45, 2.75) is 12.7 Å². The van der Waals surface area contributed by atoms with Gasteiger partial charge >= 0.3 is 23.9 Å². The second-order valence-electron chi connectivity index (χ2n) is 6.59. The summed E-state index contributed by atoms with van der Waals surface area (Å²) in [5, 5.41) is 18.9. The number of nitrogens with zero attached hydrogens (tertiary/aromatic N) is 3. The molecular formula is C15H23N3O8. The fourth-order valence-corrected chi connectivity index (χ4v) is 2.92. The largest absolute Gasteiger partial charge is 0.480 e. The number of aliphatic hydroxyl groups is 1. The molecule has 0 aromatic carbocycles. The van der Waals surface area contributed by atoms with Crippen molar-refractivity contribution >= 4 is 23.9 Å². The van der Waals surface area contributed by atoms with Crippen molar-refractivity contribution in [3.8, 4) is 0 Å². The first-order valence-corrected chi connectivity index (χ1v) is 8.19. The van der Waals surface area contributed by atoms with Gasteiger partial charge in [-0.15, -0.1) is 0 Å². The third-order valence-electron chi connectivity index (χ3n) is 3.96. The van der Waals surface area contributed by atoms with Gasteiger partial charge in [0.2, 0.25) is 5.79 Å². The number of ether oxygens (including phenoxy) is 2. The van der Waals surface area contributed by atoms with Gasteiger partial charge in [-0.1, -0.05) is 0 Å². The van der Waals surface area contributed by atoms with Crippen molar-refractivity contribution in [2.75, 3.05) is 58.9 Å². The smallest absolute Gasteiger partial charge is 0.327 e. The summed E-state index contributed by atoms with van der Waals surface area (Å²) in [6.45, 7) is 2.62. The Balaban J connectivity index is 1.84. The number of cyclic esters (lactones) is 3. The summed E-state index contributed by atoms with van der Waals surface area (Å²) >= 11 is 0. The zero-order chi connectivity index (χ0) is 19.3. The van der Waals surface area contributed by atoms with E-state index < -0.39 is 29.7 Å². The Bertz CT molecular complexity index is 563. The SMILES string of the molecule is CC1(O)CN(CCN(CCN2CC(=O)OC(=O)C2)CC(=O)O)CC(=O)O1. The van der Waals surface area contributed by atoms with Crippen molar-refractivity contribution in [3.05, 3.63) is 0 Å². The Morgan fingerprint density at radius 3 is 2.15 bits per heavy atom. The highest BCUT2D eigenvalue weighted by atomic mass is 16.7. The van der Waals surface area contributed by atoms with Gasteiger partial charge in [-0.2, -0.15) is 0 Å². The topological polar surface area (TPSA) is 137 Å². The summed E-state index contributed by atoms with van der Waals surface area (Å²) in [5.74, 6) is -4.37. The maximum atomic E-state index is 11.5. The average Bonchev–Trinajstić information content (AvgIpc) is 2.46. The van der Waals surface area contributed by atoms with E-state index in [1.54, 1.807) is 14.7 Å². The Morgan fingerprint density at radius 1 is 1.08 bits per heavy atom. The summed E-state index contributed by atoms with van der Waals surface area (Å²) in [7, 11) is 0. The van der Waals surface area contributed by atoms with Crippen LogP contribution in [0.1, 0.15) is 6.92 Å². The quantitative estimate of drug-likeness (QED) is 0.340. The van der Waals surface area contributed by atoms with Gasteiger partial charge in [-0.05, 0) is 0 Å². The maximum absolute atomic E-state index is 11.5. The van der Waals surface area contributed by atoms with Crippen molar-refractivity contribution in [2.24, 2.45) is 0 Å². The van der Waals surface area contributed by atoms with Crippen molar-refractivity contribution < 1.29 is 38.9 Å². The van der Waals surface area contributed by atoms with Gasteiger partial charge in [0.1, 0.15) is 0 Å². The first-order valence-electron chi connectivity index (χ1n) is 8.19. The van der Waals surface area contributed by atoms with Crippen LogP contribution < -0.4 is 0 Å². The fourth-order valence-electron chi connectivity index (χ4n) is 2.92.